The van der Waals surface area contributed by atoms with E-state index in [0.29, 0.717) is 25.0 Å². The second-order valence-corrected chi connectivity index (χ2v) is 3.99. The van der Waals surface area contributed by atoms with Gasteiger partial charge in [-0.15, -0.1) is 0 Å². The highest BCUT2D eigenvalue weighted by Crippen LogP contribution is 2.31. The predicted molar refractivity (Wildman–Crippen MR) is 57.5 cm³/mol. The molecule has 0 atom stereocenters. The zero-order chi connectivity index (χ0) is 11.5. The van der Waals surface area contributed by atoms with Gasteiger partial charge in [0.2, 0.25) is 11.8 Å². The van der Waals surface area contributed by atoms with Crippen LogP contribution in [-0.2, 0) is 9.59 Å². The SMILES string of the molecule is CCCC1(CCS)C(=O)NC(=O)NC1=O. The topological polar surface area (TPSA) is 75.3 Å². The Morgan fingerprint density at radius 1 is 1.13 bits per heavy atom. The van der Waals surface area contributed by atoms with Crippen LogP contribution in [0, 0.1) is 5.41 Å². The van der Waals surface area contributed by atoms with Gasteiger partial charge in [0.05, 0.1) is 0 Å². The highest BCUT2D eigenvalue weighted by molar-refractivity contribution is 7.80. The molecule has 0 saturated carbocycles. The molecule has 0 aromatic heterocycles. The van der Waals surface area contributed by atoms with Crippen LogP contribution in [0.3, 0.4) is 0 Å². The van der Waals surface area contributed by atoms with E-state index in [1.807, 2.05) is 6.92 Å². The van der Waals surface area contributed by atoms with Crippen molar-refractivity contribution in [3.63, 3.8) is 0 Å². The molecule has 1 rings (SSSR count). The highest BCUT2D eigenvalue weighted by Gasteiger charge is 2.48. The van der Waals surface area contributed by atoms with E-state index in [1.165, 1.54) is 0 Å². The van der Waals surface area contributed by atoms with Gasteiger partial charge < -0.3 is 0 Å². The molecule has 0 spiro atoms. The van der Waals surface area contributed by atoms with Gasteiger partial charge in [0.15, 0.2) is 0 Å². The van der Waals surface area contributed by atoms with Gasteiger partial charge in [-0.3, -0.25) is 20.2 Å². The van der Waals surface area contributed by atoms with Crippen LogP contribution < -0.4 is 10.6 Å². The van der Waals surface area contributed by atoms with E-state index in [0.717, 1.165) is 0 Å². The van der Waals surface area contributed by atoms with Gasteiger partial charge >= 0.3 is 6.03 Å². The molecule has 1 aliphatic heterocycles. The third-order valence-corrected chi connectivity index (χ3v) is 2.76. The second kappa shape index (κ2) is 4.65. The van der Waals surface area contributed by atoms with Crippen LogP contribution in [0.25, 0.3) is 0 Å². The van der Waals surface area contributed by atoms with Crippen LogP contribution in [0.2, 0.25) is 0 Å². The third kappa shape index (κ3) is 2.14. The molecule has 0 bridgehead atoms. The average Bonchev–Trinajstić information content (AvgIpc) is 2.14. The number of hydrogen-bond donors (Lipinski definition) is 3. The normalized spacial score (nSPS) is 19.7. The van der Waals surface area contributed by atoms with Crippen LogP contribution in [0.5, 0.6) is 0 Å². The maximum absolute atomic E-state index is 11.7. The lowest BCUT2D eigenvalue weighted by atomic mass is 9.78. The van der Waals surface area contributed by atoms with Crippen LogP contribution >= 0.6 is 12.6 Å². The third-order valence-electron chi connectivity index (χ3n) is 2.54. The van der Waals surface area contributed by atoms with Crippen LogP contribution in [0.4, 0.5) is 4.79 Å². The fourth-order valence-electron chi connectivity index (χ4n) is 1.78. The number of carbonyl (C=O) groups excluding carboxylic acids is 3. The first-order chi connectivity index (χ1) is 7.06. The molecule has 0 radical (unpaired) electrons. The largest absolute Gasteiger partial charge is 0.328 e. The van der Waals surface area contributed by atoms with E-state index < -0.39 is 23.3 Å². The Hall–Kier alpha value is -1.04. The fraction of sp³-hybridized carbons (Fsp3) is 0.667. The summed E-state index contributed by atoms with van der Waals surface area (Å²) in [5.41, 5.74) is -1.12. The Bertz CT molecular complexity index is 276. The monoisotopic (exact) mass is 230 g/mol. The van der Waals surface area contributed by atoms with E-state index in [-0.39, 0.29) is 0 Å². The molecule has 1 saturated heterocycles. The lowest BCUT2D eigenvalue weighted by Crippen LogP contribution is -2.62. The Morgan fingerprint density at radius 2 is 1.67 bits per heavy atom. The molecule has 1 aliphatic rings. The Kier molecular flexibility index (Phi) is 3.73. The van der Waals surface area contributed by atoms with Gasteiger partial charge in [-0.05, 0) is 18.6 Å². The van der Waals surface area contributed by atoms with Crippen molar-refractivity contribution in [1.29, 1.82) is 0 Å². The first-order valence-corrected chi connectivity index (χ1v) is 5.48. The van der Waals surface area contributed by atoms with Gasteiger partial charge in [-0.2, -0.15) is 12.6 Å². The predicted octanol–water partition coefficient (Wildman–Crippen LogP) is 0.459. The minimum atomic E-state index is -1.12. The summed E-state index contributed by atoms with van der Waals surface area (Å²) in [5, 5.41) is 4.25. The summed E-state index contributed by atoms with van der Waals surface area (Å²) in [5.74, 6) is -0.589. The zero-order valence-electron chi connectivity index (χ0n) is 8.50. The van der Waals surface area contributed by atoms with Gasteiger partial charge in [-0.1, -0.05) is 13.3 Å². The van der Waals surface area contributed by atoms with E-state index >= 15 is 0 Å². The maximum atomic E-state index is 11.7. The highest BCUT2D eigenvalue weighted by atomic mass is 32.1. The van der Waals surface area contributed by atoms with Crippen molar-refractivity contribution in [3.05, 3.63) is 0 Å². The summed E-state index contributed by atoms with van der Waals surface area (Å²) in [6, 6.07) is -0.740. The molecule has 0 unspecified atom stereocenters. The van der Waals surface area contributed by atoms with E-state index in [9.17, 15) is 14.4 Å². The first kappa shape index (κ1) is 12.0. The molecule has 6 heteroatoms. The molecular formula is C9H14N2O3S. The van der Waals surface area contributed by atoms with Gasteiger partial charge in [0.25, 0.3) is 0 Å². The number of nitrogens with one attached hydrogen (secondary N) is 2. The van der Waals surface area contributed by atoms with E-state index in [2.05, 4.69) is 23.3 Å². The Balaban J connectivity index is 2.97. The molecule has 5 nitrogen and oxygen atoms in total. The fourth-order valence-corrected chi connectivity index (χ4v) is 2.16. The van der Waals surface area contributed by atoms with Crippen molar-refractivity contribution in [2.45, 2.75) is 26.2 Å². The van der Waals surface area contributed by atoms with Gasteiger partial charge in [-0.25, -0.2) is 4.79 Å². The van der Waals surface area contributed by atoms with Crippen molar-refractivity contribution in [2.75, 3.05) is 5.75 Å². The quantitative estimate of drug-likeness (QED) is 0.485. The number of hydrogen-bond acceptors (Lipinski definition) is 4. The van der Waals surface area contributed by atoms with Crippen molar-refractivity contribution >= 4 is 30.5 Å². The summed E-state index contributed by atoms with van der Waals surface area (Å²) in [7, 11) is 0. The van der Waals surface area contributed by atoms with Gasteiger partial charge in [0.1, 0.15) is 5.41 Å². The molecule has 84 valence electrons. The van der Waals surface area contributed by atoms with Crippen molar-refractivity contribution in [2.24, 2.45) is 5.41 Å². The van der Waals surface area contributed by atoms with Crippen molar-refractivity contribution in [1.82, 2.24) is 10.6 Å². The number of imide groups is 2. The summed E-state index contributed by atoms with van der Waals surface area (Å²) in [6.07, 6.45) is 1.47. The van der Waals surface area contributed by atoms with E-state index in [1.54, 1.807) is 0 Å². The lowest BCUT2D eigenvalue weighted by Gasteiger charge is -2.33. The molecule has 2 N–H and O–H groups in total. The van der Waals surface area contributed by atoms with Crippen LogP contribution in [-0.4, -0.2) is 23.6 Å². The van der Waals surface area contributed by atoms with E-state index in [4.69, 9.17) is 0 Å². The summed E-state index contributed by atoms with van der Waals surface area (Å²) in [6.45, 7) is 1.89. The van der Waals surface area contributed by atoms with Gasteiger partial charge in [0, 0.05) is 0 Å². The smallest absolute Gasteiger partial charge is 0.277 e. The average molecular weight is 230 g/mol. The standard InChI is InChI=1S/C9H14N2O3S/c1-2-3-9(4-5-15)6(12)10-8(14)11-7(9)13/h15H,2-5H2,1H3,(H2,10,11,12,13,14). The van der Waals surface area contributed by atoms with Crippen LogP contribution in [0.15, 0.2) is 0 Å². The summed E-state index contributed by atoms with van der Waals surface area (Å²) in [4.78, 5) is 34.3. The minimum Gasteiger partial charge on any atom is -0.277 e. The minimum absolute atomic E-state index is 0.342. The summed E-state index contributed by atoms with van der Waals surface area (Å²) < 4.78 is 0. The van der Waals surface area contributed by atoms with Crippen LogP contribution in [0.1, 0.15) is 26.2 Å². The number of amides is 4. The zero-order valence-corrected chi connectivity index (χ0v) is 9.39. The maximum Gasteiger partial charge on any atom is 0.328 e. The lowest BCUT2D eigenvalue weighted by molar-refractivity contribution is -0.145. The number of barbiturate groups is 1. The second-order valence-electron chi connectivity index (χ2n) is 3.54. The first-order valence-electron chi connectivity index (χ1n) is 4.84. The number of rotatable bonds is 4. The summed E-state index contributed by atoms with van der Waals surface area (Å²) >= 11 is 4.04. The molecule has 0 aromatic rings. The molecule has 1 heterocycles. The van der Waals surface area contributed by atoms with Crippen molar-refractivity contribution < 1.29 is 14.4 Å². The van der Waals surface area contributed by atoms with Crippen molar-refractivity contribution in [3.8, 4) is 0 Å². The molecular weight excluding hydrogens is 216 g/mol. The molecule has 0 aliphatic carbocycles. The number of carbonyl (C=O) groups is 3. The number of urea groups is 1. The number of thiol groups is 1. The Labute approximate surface area is 93.4 Å². The molecule has 1 fully saturated rings. The molecule has 0 aromatic carbocycles. The molecule has 4 amide bonds. The molecule has 15 heavy (non-hydrogen) atoms. The Morgan fingerprint density at radius 3 is 2.07 bits per heavy atom.